The van der Waals surface area contributed by atoms with Gasteiger partial charge in [-0.25, -0.2) is 0 Å². The van der Waals surface area contributed by atoms with E-state index in [9.17, 15) is 5.11 Å². The smallest absolute Gasteiger partial charge is 0.115 e. The summed E-state index contributed by atoms with van der Waals surface area (Å²) in [7, 11) is 0. The summed E-state index contributed by atoms with van der Waals surface area (Å²) in [6.07, 6.45) is 1.13. The molecule has 2 unspecified atom stereocenters. The van der Waals surface area contributed by atoms with Gasteiger partial charge in [-0.2, -0.15) is 0 Å². The second kappa shape index (κ2) is 6.15. The van der Waals surface area contributed by atoms with Gasteiger partial charge in [0.15, 0.2) is 0 Å². The number of phenolic OH excluding ortho intramolecular Hbond substituents is 1. The highest BCUT2D eigenvalue weighted by Crippen LogP contribution is 2.27. The van der Waals surface area contributed by atoms with E-state index in [1.54, 1.807) is 6.07 Å². The molecule has 2 N–H and O–H groups in total. The molecule has 0 bridgehead atoms. The lowest BCUT2D eigenvalue weighted by Crippen LogP contribution is -2.63. The maximum absolute atomic E-state index is 9.64. The molecule has 0 radical (unpaired) electrons. The van der Waals surface area contributed by atoms with Gasteiger partial charge in [-0.1, -0.05) is 32.9 Å². The average Bonchev–Trinajstić information content (AvgIpc) is 2.41. The average molecular weight is 276 g/mol. The van der Waals surface area contributed by atoms with E-state index in [0.29, 0.717) is 17.7 Å². The Bertz CT molecular complexity index is 446. The number of nitrogens with one attached hydrogen (secondary N) is 1. The highest BCUT2D eigenvalue weighted by molar-refractivity contribution is 5.27. The second-order valence-corrected chi connectivity index (χ2v) is 6.63. The second-order valence-electron chi connectivity index (χ2n) is 6.63. The van der Waals surface area contributed by atoms with Gasteiger partial charge in [-0.05, 0) is 37.0 Å². The van der Waals surface area contributed by atoms with Crippen molar-refractivity contribution in [2.45, 2.75) is 52.2 Å². The van der Waals surface area contributed by atoms with Crippen molar-refractivity contribution in [2.24, 2.45) is 5.92 Å². The Labute approximate surface area is 123 Å². The number of rotatable bonds is 4. The van der Waals surface area contributed by atoms with Crippen molar-refractivity contribution in [3.8, 4) is 5.75 Å². The fraction of sp³-hybridized carbons (Fsp3) is 0.647. The first-order valence-electron chi connectivity index (χ1n) is 7.71. The molecule has 2 atom stereocenters. The molecule has 0 aliphatic carbocycles. The Morgan fingerprint density at radius 3 is 2.80 bits per heavy atom. The van der Waals surface area contributed by atoms with Crippen LogP contribution in [-0.4, -0.2) is 34.7 Å². The number of aromatic hydroxyl groups is 1. The molecule has 3 nitrogen and oxygen atoms in total. The van der Waals surface area contributed by atoms with Crippen molar-refractivity contribution in [3.63, 3.8) is 0 Å². The third-order valence-corrected chi connectivity index (χ3v) is 4.78. The molecule has 0 spiro atoms. The van der Waals surface area contributed by atoms with Crippen LogP contribution in [0, 0.1) is 5.92 Å². The van der Waals surface area contributed by atoms with Gasteiger partial charge in [0.2, 0.25) is 0 Å². The summed E-state index contributed by atoms with van der Waals surface area (Å²) in [6.45, 7) is 12.1. The Morgan fingerprint density at radius 2 is 2.20 bits per heavy atom. The van der Waals surface area contributed by atoms with Gasteiger partial charge in [-0.3, -0.25) is 4.90 Å². The Balaban J connectivity index is 2.15. The highest BCUT2D eigenvalue weighted by atomic mass is 16.3. The molecule has 1 saturated heterocycles. The van der Waals surface area contributed by atoms with Crippen LogP contribution >= 0.6 is 0 Å². The third-order valence-electron chi connectivity index (χ3n) is 4.78. The Kier molecular flexibility index (Phi) is 4.71. The number of piperazine rings is 1. The van der Waals surface area contributed by atoms with Gasteiger partial charge in [0, 0.05) is 31.2 Å². The van der Waals surface area contributed by atoms with Crippen molar-refractivity contribution < 1.29 is 5.11 Å². The Hall–Kier alpha value is -1.06. The van der Waals surface area contributed by atoms with Crippen LogP contribution in [0.3, 0.4) is 0 Å². The summed E-state index contributed by atoms with van der Waals surface area (Å²) in [5.74, 6) is 0.999. The normalized spacial score (nSPS) is 27.9. The summed E-state index contributed by atoms with van der Waals surface area (Å²) in [4.78, 5) is 2.57. The highest BCUT2D eigenvalue weighted by Gasteiger charge is 2.36. The van der Waals surface area contributed by atoms with Gasteiger partial charge in [0.25, 0.3) is 0 Å². The number of hydrogen-bond donors (Lipinski definition) is 2. The fourth-order valence-electron chi connectivity index (χ4n) is 2.91. The zero-order valence-corrected chi connectivity index (χ0v) is 13.2. The first-order chi connectivity index (χ1) is 9.44. The molecule has 1 aliphatic heterocycles. The van der Waals surface area contributed by atoms with Crippen LogP contribution in [0.4, 0.5) is 0 Å². The van der Waals surface area contributed by atoms with Crippen LogP contribution in [0.15, 0.2) is 24.3 Å². The van der Waals surface area contributed by atoms with E-state index >= 15 is 0 Å². The first kappa shape index (κ1) is 15.3. The molecule has 0 amide bonds. The first-order valence-corrected chi connectivity index (χ1v) is 7.71. The molecular formula is C17H28N2O. The van der Waals surface area contributed by atoms with Crippen molar-refractivity contribution in [3.05, 3.63) is 29.8 Å². The number of nitrogens with zero attached hydrogens (tertiary/aromatic N) is 1. The number of hydrogen-bond acceptors (Lipinski definition) is 3. The molecule has 1 aromatic rings. The van der Waals surface area contributed by atoms with E-state index in [1.165, 1.54) is 5.56 Å². The van der Waals surface area contributed by atoms with E-state index < -0.39 is 0 Å². The number of phenols is 1. The summed E-state index contributed by atoms with van der Waals surface area (Å²) in [6, 6.07) is 8.18. The van der Waals surface area contributed by atoms with Crippen LogP contribution < -0.4 is 5.32 Å². The van der Waals surface area contributed by atoms with Crippen molar-refractivity contribution in [2.75, 3.05) is 13.1 Å². The minimum atomic E-state index is 0.191. The van der Waals surface area contributed by atoms with E-state index in [4.69, 9.17) is 0 Å². The minimum Gasteiger partial charge on any atom is -0.508 e. The quantitative estimate of drug-likeness (QED) is 0.887. The predicted octanol–water partition coefficient (Wildman–Crippen LogP) is 2.99. The monoisotopic (exact) mass is 276 g/mol. The third kappa shape index (κ3) is 3.33. The molecule has 0 saturated carbocycles. The van der Waals surface area contributed by atoms with E-state index in [1.807, 2.05) is 12.1 Å². The van der Waals surface area contributed by atoms with Gasteiger partial charge in [0.05, 0.1) is 0 Å². The summed E-state index contributed by atoms with van der Waals surface area (Å²) in [5.41, 5.74) is 1.38. The van der Waals surface area contributed by atoms with Gasteiger partial charge < -0.3 is 10.4 Å². The molecule has 1 aliphatic rings. The van der Waals surface area contributed by atoms with Crippen molar-refractivity contribution >= 4 is 0 Å². The molecule has 1 heterocycles. The van der Waals surface area contributed by atoms with Crippen LogP contribution in [0.1, 0.15) is 39.7 Å². The van der Waals surface area contributed by atoms with E-state index in [0.717, 1.165) is 26.1 Å². The summed E-state index contributed by atoms with van der Waals surface area (Å²) in [5, 5.41) is 13.3. The fourth-order valence-corrected chi connectivity index (χ4v) is 2.91. The summed E-state index contributed by atoms with van der Waals surface area (Å²) < 4.78 is 0. The lowest BCUT2D eigenvalue weighted by molar-refractivity contribution is 0.0316. The van der Waals surface area contributed by atoms with E-state index in [-0.39, 0.29) is 5.54 Å². The molecule has 20 heavy (non-hydrogen) atoms. The topological polar surface area (TPSA) is 35.5 Å². The Morgan fingerprint density at radius 1 is 1.45 bits per heavy atom. The van der Waals surface area contributed by atoms with Crippen LogP contribution in [0.2, 0.25) is 0 Å². The van der Waals surface area contributed by atoms with Crippen LogP contribution in [0.5, 0.6) is 5.75 Å². The van der Waals surface area contributed by atoms with Crippen molar-refractivity contribution in [1.82, 2.24) is 10.2 Å². The molecule has 112 valence electrons. The standard InChI is InChI=1S/C17H28N2O/c1-5-17(4)12-18-16(13(2)3)11-19(17)10-14-7-6-8-15(20)9-14/h6-9,13,16,18,20H,5,10-12H2,1-4H3. The molecule has 3 heteroatoms. The van der Waals surface area contributed by atoms with Crippen molar-refractivity contribution in [1.29, 1.82) is 0 Å². The van der Waals surface area contributed by atoms with Crippen LogP contribution in [0.25, 0.3) is 0 Å². The number of benzene rings is 1. The van der Waals surface area contributed by atoms with E-state index in [2.05, 4.69) is 44.0 Å². The zero-order valence-electron chi connectivity index (χ0n) is 13.2. The minimum absolute atomic E-state index is 0.191. The molecule has 1 fully saturated rings. The van der Waals surface area contributed by atoms with Crippen LogP contribution in [-0.2, 0) is 6.54 Å². The molecule has 0 aromatic heterocycles. The van der Waals surface area contributed by atoms with Gasteiger partial charge in [-0.15, -0.1) is 0 Å². The molecule has 1 aromatic carbocycles. The van der Waals surface area contributed by atoms with Gasteiger partial charge in [0.1, 0.15) is 5.75 Å². The maximum atomic E-state index is 9.64. The largest absolute Gasteiger partial charge is 0.508 e. The predicted molar refractivity (Wildman–Crippen MR) is 83.8 cm³/mol. The molecular weight excluding hydrogens is 248 g/mol. The SMILES string of the molecule is CCC1(C)CNC(C(C)C)CN1Cc1cccc(O)c1. The maximum Gasteiger partial charge on any atom is 0.115 e. The van der Waals surface area contributed by atoms with Gasteiger partial charge >= 0.3 is 0 Å². The zero-order chi connectivity index (χ0) is 14.8. The summed E-state index contributed by atoms with van der Waals surface area (Å²) >= 11 is 0. The lowest BCUT2D eigenvalue weighted by atomic mass is 9.89. The molecule has 2 rings (SSSR count). The lowest BCUT2D eigenvalue weighted by Gasteiger charge is -2.49.